The lowest BCUT2D eigenvalue weighted by molar-refractivity contribution is 0.0713. The number of amides is 1. The smallest absolute Gasteiger partial charge is 0.272 e. The molecule has 1 aliphatic rings. The fourth-order valence-corrected chi connectivity index (χ4v) is 5.32. The molecule has 2 aromatic carbocycles. The van der Waals surface area contributed by atoms with Crippen LogP contribution in [-0.2, 0) is 13.6 Å². The molecule has 1 aliphatic heterocycles. The molecule has 37 heavy (non-hydrogen) atoms. The Balaban J connectivity index is 1.68. The van der Waals surface area contributed by atoms with E-state index in [1.165, 1.54) is 4.57 Å². The minimum absolute atomic E-state index is 0.0590. The number of Topliss-reactive ketones (excluding diaryl/α,β-unsaturated/α-hetero) is 1. The van der Waals surface area contributed by atoms with Gasteiger partial charge in [0.1, 0.15) is 5.69 Å². The number of likely N-dealkylation sites (tertiary alicyclic amines) is 1. The van der Waals surface area contributed by atoms with Crippen molar-refractivity contribution in [3.05, 3.63) is 87.1 Å². The number of halogens is 1. The largest absolute Gasteiger partial charge is 0.337 e. The Morgan fingerprint density at radius 2 is 1.70 bits per heavy atom. The summed E-state index contributed by atoms with van der Waals surface area (Å²) in [7, 11) is 1.74. The van der Waals surface area contributed by atoms with Crippen LogP contribution in [0.25, 0.3) is 21.9 Å². The van der Waals surface area contributed by atoms with Gasteiger partial charge < -0.3 is 4.90 Å². The van der Waals surface area contributed by atoms with Crippen molar-refractivity contribution in [1.82, 2.24) is 19.2 Å². The number of benzene rings is 2. The third-order valence-electron chi connectivity index (χ3n) is 6.99. The number of piperidine rings is 1. The van der Waals surface area contributed by atoms with Crippen molar-refractivity contribution in [1.29, 1.82) is 0 Å². The summed E-state index contributed by atoms with van der Waals surface area (Å²) in [5, 5.41) is 6.16. The molecule has 1 amide bonds. The maximum Gasteiger partial charge on any atom is 0.272 e. The van der Waals surface area contributed by atoms with Crippen molar-refractivity contribution in [2.45, 2.75) is 39.2 Å². The normalized spacial score (nSPS) is 13.8. The second-order valence-corrected chi connectivity index (χ2v) is 9.88. The van der Waals surface area contributed by atoms with E-state index in [-0.39, 0.29) is 30.2 Å². The van der Waals surface area contributed by atoms with E-state index in [2.05, 4.69) is 5.10 Å². The molecule has 0 atom stereocenters. The number of hydrogen-bond donors (Lipinski definition) is 0. The number of carbonyl (C=O) groups excluding carboxylic acids is 2. The zero-order valence-corrected chi connectivity index (χ0v) is 21.8. The zero-order valence-electron chi connectivity index (χ0n) is 21.0. The average Bonchev–Trinajstić information content (AvgIpc) is 3.29. The van der Waals surface area contributed by atoms with Gasteiger partial charge in [0.05, 0.1) is 17.9 Å². The number of hydrogen-bond acceptors (Lipinski definition) is 4. The first-order valence-electron chi connectivity index (χ1n) is 12.7. The summed E-state index contributed by atoms with van der Waals surface area (Å²) in [6.07, 6.45) is 3.36. The van der Waals surface area contributed by atoms with Gasteiger partial charge in [-0.1, -0.05) is 48.9 Å². The number of aryl methyl sites for hydroxylation is 1. The number of carbonyl (C=O) groups is 2. The van der Waals surface area contributed by atoms with Crippen LogP contribution in [0, 0.1) is 0 Å². The van der Waals surface area contributed by atoms with E-state index in [1.807, 2.05) is 35.2 Å². The van der Waals surface area contributed by atoms with Gasteiger partial charge in [-0.25, -0.2) is 0 Å². The molecule has 3 heterocycles. The molecular weight excluding hydrogens is 488 g/mol. The van der Waals surface area contributed by atoms with Crippen molar-refractivity contribution >= 4 is 34.1 Å². The summed E-state index contributed by atoms with van der Waals surface area (Å²) >= 11 is 6.34. The number of fused-ring (bicyclic) bond motifs is 1. The summed E-state index contributed by atoms with van der Waals surface area (Å²) < 4.78 is 3.07. The summed E-state index contributed by atoms with van der Waals surface area (Å²) in [6, 6.07) is 16.4. The van der Waals surface area contributed by atoms with E-state index in [0.717, 1.165) is 37.9 Å². The third-order valence-corrected chi connectivity index (χ3v) is 7.23. The summed E-state index contributed by atoms with van der Waals surface area (Å²) in [4.78, 5) is 42.2. The second kappa shape index (κ2) is 10.3. The van der Waals surface area contributed by atoms with E-state index in [9.17, 15) is 14.4 Å². The fraction of sp³-hybridized carbons (Fsp3) is 0.310. The lowest BCUT2D eigenvalue weighted by Gasteiger charge is -2.26. The van der Waals surface area contributed by atoms with Gasteiger partial charge in [0.15, 0.2) is 5.78 Å². The summed E-state index contributed by atoms with van der Waals surface area (Å²) in [6.45, 7) is 3.33. The molecule has 2 aromatic heterocycles. The molecule has 0 N–H and O–H groups in total. The molecule has 4 aromatic rings. The molecule has 8 heteroatoms. The van der Waals surface area contributed by atoms with E-state index >= 15 is 0 Å². The second-order valence-electron chi connectivity index (χ2n) is 9.44. The standard InChI is InChI=1S/C29H29ClN4O3/c1-3-25(35)27-26(19-10-6-4-7-11-19)23-16-20(30)12-13-22(23)28(36)34(27)18-21-17-24(32(2)31-21)29(37)33-14-8-5-9-15-33/h4,6-7,10-13,16-17H,3,5,8-9,14-15,18H2,1-2H3. The SMILES string of the molecule is CCC(=O)c1c(-c2ccccc2)c2cc(Cl)ccc2c(=O)n1Cc1cc(C(=O)N2CCCCC2)n(C)n1. The van der Waals surface area contributed by atoms with Gasteiger partial charge in [-0.3, -0.25) is 23.6 Å². The first-order valence-corrected chi connectivity index (χ1v) is 13.0. The molecule has 0 spiro atoms. The van der Waals surface area contributed by atoms with Crippen molar-refractivity contribution in [2.24, 2.45) is 7.05 Å². The van der Waals surface area contributed by atoms with Crippen LogP contribution in [0.1, 0.15) is 59.3 Å². The highest BCUT2D eigenvalue weighted by molar-refractivity contribution is 6.31. The highest BCUT2D eigenvalue weighted by atomic mass is 35.5. The number of aromatic nitrogens is 3. The molecule has 0 radical (unpaired) electrons. The predicted molar refractivity (Wildman–Crippen MR) is 145 cm³/mol. The van der Waals surface area contributed by atoms with Crippen molar-refractivity contribution in [3.63, 3.8) is 0 Å². The van der Waals surface area contributed by atoms with E-state index in [4.69, 9.17) is 11.6 Å². The van der Waals surface area contributed by atoms with Crippen LogP contribution in [0.15, 0.2) is 59.4 Å². The Bertz CT molecular complexity index is 1550. The van der Waals surface area contributed by atoms with E-state index in [0.29, 0.717) is 38.4 Å². The molecule has 0 bridgehead atoms. The maximum absolute atomic E-state index is 13.8. The van der Waals surface area contributed by atoms with Crippen LogP contribution in [0.4, 0.5) is 0 Å². The Morgan fingerprint density at radius 1 is 0.973 bits per heavy atom. The number of rotatable bonds is 6. The number of nitrogens with zero attached hydrogens (tertiary/aromatic N) is 4. The van der Waals surface area contributed by atoms with Gasteiger partial charge in [0.2, 0.25) is 0 Å². The van der Waals surface area contributed by atoms with Crippen LogP contribution in [-0.4, -0.2) is 44.0 Å². The third kappa shape index (κ3) is 4.71. The molecule has 5 rings (SSSR count). The monoisotopic (exact) mass is 516 g/mol. The Morgan fingerprint density at radius 3 is 2.41 bits per heavy atom. The van der Waals surface area contributed by atoms with Crippen LogP contribution in [0.5, 0.6) is 0 Å². The molecule has 0 unspecified atom stereocenters. The number of ketones is 1. The van der Waals surface area contributed by atoms with Gasteiger partial charge in [0, 0.05) is 42.5 Å². The molecule has 190 valence electrons. The molecule has 0 aliphatic carbocycles. The van der Waals surface area contributed by atoms with Crippen LogP contribution in [0.3, 0.4) is 0 Å². The van der Waals surface area contributed by atoms with Gasteiger partial charge >= 0.3 is 0 Å². The summed E-state index contributed by atoms with van der Waals surface area (Å²) in [5.41, 5.74) is 2.54. The van der Waals surface area contributed by atoms with Crippen molar-refractivity contribution < 1.29 is 9.59 Å². The Hall–Kier alpha value is -3.71. The van der Waals surface area contributed by atoms with Crippen LogP contribution < -0.4 is 5.56 Å². The minimum Gasteiger partial charge on any atom is -0.337 e. The first-order chi connectivity index (χ1) is 17.9. The Labute approximate surface area is 220 Å². The fourth-order valence-electron chi connectivity index (χ4n) is 5.15. The summed E-state index contributed by atoms with van der Waals surface area (Å²) in [5.74, 6) is -0.213. The van der Waals surface area contributed by atoms with Crippen LogP contribution >= 0.6 is 11.6 Å². The lowest BCUT2D eigenvalue weighted by Crippen LogP contribution is -2.36. The predicted octanol–water partition coefficient (Wildman–Crippen LogP) is 5.32. The molecule has 1 saturated heterocycles. The van der Waals surface area contributed by atoms with Gasteiger partial charge in [-0.05, 0) is 54.5 Å². The molecule has 0 saturated carbocycles. The van der Waals surface area contributed by atoms with Gasteiger partial charge in [0.25, 0.3) is 11.5 Å². The number of pyridine rings is 1. The van der Waals surface area contributed by atoms with Crippen LogP contribution in [0.2, 0.25) is 5.02 Å². The molecule has 1 fully saturated rings. The average molecular weight is 517 g/mol. The van der Waals surface area contributed by atoms with Gasteiger partial charge in [-0.2, -0.15) is 5.10 Å². The van der Waals surface area contributed by atoms with Crippen molar-refractivity contribution in [3.8, 4) is 11.1 Å². The lowest BCUT2D eigenvalue weighted by atomic mass is 9.94. The van der Waals surface area contributed by atoms with E-state index in [1.54, 1.807) is 42.9 Å². The van der Waals surface area contributed by atoms with Crippen molar-refractivity contribution in [2.75, 3.05) is 13.1 Å². The molecule has 7 nitrogen and oxygen atoms in total. The topological polar surface area (TPSA) is 77.2 Å². The minimum atomic E-state index is -0.294. The first kappa shape index (κ1) is 25.0. The quantitative estimate of drug-likeness (QED) is 0.325. The maximum atomic E-state index is 13.8. The van der Waals surface area contributed by atoms with E-state index < -0.39 is 0 Å². The highest BCUT2D eigenvalue weighted by Crippen LogP contribution is 2.33. The highest BCUT2D eigenvalue weighted by Gasteiger charge is 2.25. The zero-order chi connectivity index (χ0) is 26.1. The molecular formula is C29H29ClN4O3. The van der Waals surface area contributed by atoms with Gasteiger partial charge in [-0.15, -0.1) is 0 Å². The Kier molecular flexibility index (Phi) is 6.98.